The Labute approximate surface area is 206 Å². The highest BCUT2D eigenvalue weighted by atomic mass is 16.6. The Bertz CT molecular complexity index is 1170. The minimum Gasteiger partial charge on any atom is -0.306 e. The lowest BCUT2D eigenvalue weighted by atomic mass is 10.0. The van der Waals surface area contributed by atoms with Crippen LogP contribution in [0.5, 0.6) is 0 Å². The SMILES string of the molecule is CCc1ccc(N(C(=O)/C=C/c2cccc([N+](=O)[O-])c2)C2CCN(Cc3ccccc3)CC2)cc1. The molecule has 0 aromatic heterocycles. The van der Waals surface area contributed by atoms with E-state index in [2.05, 4.69) is 48.2 Å². The number of aryl methyl sites for hydroxylation is 1. The summed E-state index contributed by atoms with van der Waals surface area (Å²) < 4.78 is 0. The number of nitro benzene ring substituents is 1. The molecule has 1 fully saturated rings. The molecule has 1 aliphatic rings. The van der Waals surface area contributed by atoms with Crippen molar-refractivity contribution in [3.8, 4) is 0 Å². The van der Waals surface area contributed by atoms with Crippen molar-refractivity contribution in [2.24, 2.45) is 0 Å². The number of nitro groups is 1. The van der Waals surface area contributed by atoms with Gasteiger partial charge in [0.2, 0.25) is 0 Å². The number of hydrogen-bond donors (Lipinski definition) is 0. The van der Waals surface area contributed by atoms with E-state index in [9.17, 15) is 14.9 Å². The summed E-state index contributed by atoms with van der Waals surface area (Å²) in [5.74, 6) is -0.109. The molecule has 0 radical (unpaired) electrons. The summed E-state index contributed by atoms with van der Waals surface area (Å²) in [4.78, 5) is 28.4. The molecular formula is C29H31N3O3. The summed E-state index contributed by atoms with van der Waals surface area (Å²) in [6.07, 6.45) is 5.91. The average Bonchev–Trinajstić information content (AvgIpc) is 2.90. The summed E-state index contributed by atoms with van der Waals surface area (Å²) in [7, 11) is 0. The number of carbonyl (C=O) groups excluding carboxylic acids is 1. The summed E-state index contributed by atoms with van der Waals surface area (Å²) in [5.41, 5.74) is 4.06. The number of piperidine rings is 1. The second-order valence-electron chi connectivity index (χ2n) is 8.91. The molecule has 6 heteroatoms. The molecule has 1 saturated heterocycles. The third-order valence-corrected chi connectivity index (χ3v) is 6.53. The number of nitrogens with zero attached hydrogens (tertiary/aromatic N) is 3. The summed E-state index contributed by atoms with van der Waals surface area (Å²) in [5, 5.41) is 11.1. The standard InChI is InChI=1S/C29H31N3O3/c1-2-23-11-14-26(15-12-23)31(29(33)16-13-24-9-6-10-28(21-24)32(34)35)27-17-19-30(20-18-27)22-25-7-4-3-5-8-25/h3-16,21,27H,2,17-20,22H2,1H3/b16-13+. The summed E-state index contributed by atoms with van der Waals surface area (Å²) in [6, 6.07) is 25.1. The van der Waals surface area contributed by atoms with Crippen LogP contribution in [0.2, 0.25) is 0 Å². The first-order valence-electron chi connectivity index (χ1n) is 12.1. The Morgan fingerprint density at radius 1 is 1.00 bits per heavy atom. The third-order valence-electron chi connectivity index (χ3n) is 6.53. The molecule has 0 aliphatic carbocycles. The van der Waals surface area contributed by atoms with Crippen LogP contribution in [0.4, 0.5) is 11.4 Å². The first-order valence-corrected chi connectivity index (χ1v) is 12.1. The maximum atomic E-state index is 13.5. The van der Waals surface area contributed by atoms with Gasteiger partial charge >= 0.3 is 0 Å². The molecule has 3 aromatic carbocycles. The van der Waals surface area contributed by atoms with Gasteiger partial charge < -0.3 is 4.90 Å². The van der Waals surface area contributed by atoms with Crippen LogP contribution in [0.15, 0.2) is 84.9 Å². The number of amides is 1. The molecular weight excluding hydrogens is 438 g/mol. The van der Waals surface area contributed by atoms with Gasteiger partial charge in [-0.25, -0.2) is 0 Å². The number of non-ortho nitro benzene ring substituents is 1. The Balaban J connectivity index is 1.51. The van der Waals surface area contributed by atoms with Crippen LogP contribution in [0.3, 0.4) is 0 Å². The molecule has 0 spiro atoms. The number of carbonyl (C=O) groups is 1. The van der Waals surface area contributed by atoms with Crippen LogP contribution in [0.1, 0.15) is 36.5 Å². The molecule has 0 unspecified atom stereocenters. The Morgan fingerprint density at radius 3 is 2.37 bits per heavy atom. The van der Waals surface area contributed by atoms with E-state index in [1.54, 1.807) is 18.2 Å². The Hall–Kier alpha value is -3.77. The maximum absolute atomic E-state index is 13.5. The van der Waals surface area contributed by atoms with E-state index < -0.39 is 4.92 Å². The molecule has 6 nitrogen and oxygen atoms in total. The fourth-order valence-corrected chi connectivity index (χ4v) is 4.58. The maximum Gasteiger partial charge on any atom is 0.270 e. The van der Waals surface area contributed by atoms with Crippen molar-refractivity contribution >= 4 is 23.4 Å². The third kappa shape index (κ3) is 6.43. The first kappa shape index (κ1) is 24.4. The van der Waals surface area contributed by atoms with Crippen molar-refractivity contribution in [1.82, 2.24) is 4.90 Å². The largest absolute Gasteiger partial charge is 0.306 e. The Kier molecular flexibility index (Phi) is 8.06. The summed E-state index contributed by atoms with van der Waals surface area (Å²) >= 11 is 0. The van der Waals surface area contributed by atoms with Gasteiger partial charge in [-0.15, -0.1) is 0 Å². The van der Waals surface area contributed by atoms with E-state index >= 15 is 0 Å². The van der Waals surface area contributed by atoms with Crippen molar-refractivity contribution in [1.29, 1.82) is 0 Å². The minimum atomic E-state index is -0.427. The van der Waals surface area contributed by atoms with Crippen molar-refractivity contribution in [3.05, 3.63) is 112 Å². The van der Waals surface area contributed by atoms with E-state index in [1.165, 1.54) is 29.3 Å². The van der Waals surface area contributed by atoms with Crippen LogP contribution in [-0.4, -0.2) is 34.9 Å². The zero-order valence-corrected chi connectivity index (χ0v) is 20.0. The molecule has 1 amide bonds. The predicted octanol–water partition coefficient (Wildman–Crippen LogP) is 5.87. The van der Waals surface area contributed by atoms with Crippen molar-refractivity contribution in [2.45, 2.75) is 38.8 Å². The molecule has 3 aromatic rings. The zero-order chi connectivity index (χ0) is 24.6. The molecule has 180 valence electrons. The van der Waals surface area contributed by atoms with E-state index in [1.807, 2.05) is 23.1 Å². The number of hydrogen-bond acceptors (Lipinski definition) is 4. The van der Waals surface area contributed by atoms with Gasteiger partial charge in [-0.2, -0.15) is 0 Å². The van der Waals surface area contributed by atoms with Crippen LogP contribution in [-0.2, 0) is 17.8 Å². The summed E-state index contributed by atoms with van der Waals surface area (Å²) in [6.45, 7) is 4.87. The van der Waals surface area contributed by atoms with Crippen LogP contribution >= 0.6 is 0 Å². The lowest BCUT2D eigenvalue weighted by Crippen LogP contribution is -2.47. The van der Waals surface area contributed by atoms with Crippen LogP contribution in [0, 0.1) is 10.1 Å². The van der Waals surface area contributed by atoms with E-state index in [-0.39, 0.29) is 17.6 Å². The molecule has 1 aliphatic heterocycles. The van der Waals surface area contributed by atoms with Crippen molar-refractivity contribution < 1.29 is 9.72 Å². The fourth-order valence-electron chi connectivity index (χ4n) is 4.58. The van der Waals surface area contributed by atoms with Gasteiger partial charge in [-0.3, -0.25) is 19.8 Å². The quantitative estimate of drug-likeness (QED) is 0.235. The van der Waals surface area contributed by atoms with Crippen LogP contribution in [0.25, 0.3) is 6.08 Å². The highest BCUT2D eigenvalue weighted by Crippen LogP contribution is 2.26. The smallest absolute Gasteiger partial charge is 0.270 e. The van der Waals surface area contributed by atoms with E-state index in [0.29, 0.717) is 5.56 Å². The normalized spacial score (nSPS) is 14.8. The van der Waals surface area contributed by atoms with Gasteiger partial charge in [0.05, 0.1) is 4.92 Å². The average molecular weight is 470 g/mol. The van der Waals surface area contributed by atoms with Gasteiger partial charge in [0.15, 0.2) is 0 Å². The highest BCUT2D eigenvalue weighted by Gasteiger charge is 2.28. The molecule has 35 heavy (non-hydrogen) atoms. The number of anilines is 1. The minimum absolute atomic E-state index is 0.0115. The fraction of sp³-hybridized carbons (Fsp3) is 0.276. The van der Waals surface area contributed by atoms with Crippen molar-refractivity contribution in [3.63, 3.8) is 0 Å². The monoisotopic (exact) mass is 469 g/mol. The van der Waals surface area contributed by atoms with Gasteiger partial charge in [-0.1, -0.05) is 61.5 Å². The first-order chi connectivity index (χ1) is 17.0. The number of rotatable bonds is 8. The second kappa shape index (κ2) is 11.6. The van der Waals surface area contributed by atoms with Gasteiger partial charge in [0, 0.05) is 49.6 Å². The van der Waals surface area contributed by atoms with Crippen molar-refractivity contribution in [2.75, 3.05) is 18.0 Å². The molecule has 4 rings (SSSR count). The molecule has 0 bridgehead atoms. The molecule has 0 N–H and O–H groups in total. The second-order valence-corrected chi connectivity index (χ2v) is 8.91. The predicted molar refractivity (Wildman–Crippen MR) is 140 cm³/mol. The molecule has 0 saturated carbocycles. The molecule has 0 atom stereocenters. The van der Waals surface area contributed by atoms with Gasteiger partial charge in [-0.05, 0) is 54.2 Å². The van der Waals surface area contributed by atoms with Crippen LogP contribution < -0.4 is 4.90 Å². The highest BCUT2D eigenvalue weighted by molar-refractivity contribution is 6.04. The lowest BCUT2D eigenvalue weighted by Gasteiger charge is -2.38. The van der Waals surface area contributed by atoms with Gasteiger partial charge in [0.25, 0.3) is 11.6 Å². The van der Waals surface area contributed by atoms with E-state index in [4.69, 9.17) is 0 Å². The number of likely N-dealkylation sites (tertiary alicyclic amines) is 1. The molecule has 1 heterocycles. The lowest BCUT2D eigenvalue weighted by molar-refractivity contribution is -0.384. The zero-order valence-electron chi connectivity index (χ0n) is 20.0. The van der Waals surface area contributed by atoms with E-state index in [0.717, 1.165) is 44.6 Å². The topological polar surface area (TPSA) is 66.7 Å². The van der Waals surface area contributed by atoms with Gasteiger partial charge in [0.1, 0.15) is 0 Å². The Morgan fingerprint density at radius 2 is 1.71 bits per heavy atom. The number of benzene rings is 3.